The van der Waals surface area contributed by atoms with Gasteiger partial charge in [-0.3, -0.25) is 9.59 Å². The molecule has 7 heteroatoms. The number of nitrogens with zero attached hydrogens (tertiary/aromatic N) is 2. The largest absolute Gasteiger partial charge is 0.462 e. The van der Waals surface area contributed by atoms with Gasteiger partial charge in [0.05, 0.1) is 6.54 Å². The molecule has 2 aliphatic rings. The fraction of sp³-hybridized carbons (Fsp3) is 0.486. The van der Waals surface area contributed by atoms with Gasteiger partial charge in [-0.1, -0.05) is 68.5 Å². The van der Waals surface area contributed by atoms with Crippen molar-refractivity contribution in [1.29, 1.82) is 0 Å². The Balaban J connectivity index is 1.18. The van der Waals surface area contributed by atoms with E-state index in [0.29, 0.717) is 19.0 Å². The highest BCUT2D eigenvalue weighted by Gasteiger charge is 2.33. The van der Waals surface area contributed by atoms with Crippen LogP contribution in [0.5, 0.6) is 0 Å². The molecular weight excluding hydrogens is 550 g/mol. The minimum Gasteiger partial charge on any atom is -0.462 e. The number of amides is 1. The van der Waals surface area contributed by atoms with Crippen LogP contribution >= 0.6 is 0 Å². The quantitative estimate of drug-likeness (QED) is 0.224. The van der Waals surface area contributed by atoms with Crippen molar-refractivity contribution < 1.29 is 14.3 Å². The summed E-state index contributed by atoms with van der Waals surface area (Å²) in [6, 6.07) is 18.2. The van der Waals surface area contributed by atoms with Gasteiger partial charge in [0.1, 0.15) is 17.7 Å². The molecule has 2 aromatic heterocycles. The maximum Gasteiger partial charge on any atom is 0.331 e. The molecule has 0 aliphatic heterocycles. The molecule has 6 rings (SSSR count). The average Bonchev–Trinajstić information content (AvgIpc) is 3.33. The number of hydrogen-bond donors (Lipinski definition) is 1. The Labute approximate surface area is 259 Å². The number of ether oxygens (including phenoxy) is 1. The van der Waals surface area contributed by atoms with E-state index in [1.165, 1.54) is 25.7 Å². The van der Waals surface area contributed by atoms with E-state index < -0.39 is 17.4 Å². The first-order valence-corrected chi connectivity index (χ1v) is 16.5. The number of hydrogen-bond acceptors (Lipinski definition) is 4. The summed E-state index contributed by atoms with van der Waals surface area (Å²) in [4.78, 5) is 40.9. The highest BCUT2D eigenvalue weighted by Crippen LogP contribution is 2.29. The minimum atomic E-state index is -1.30. The van der Waals surface area contributed by atoms with Crippen molar-refractivity contribution in [2.75, 3.05) is 6.61 Å². The number of aryl methyl sites for hydroxylation is 1. The highest BCUT2D eigenvalue weighted by atomic mass is 16.5. The smallest absolute Gasteiger partial charge is 0.331 e. The lowest BCUT2D eigenvalue weighted by atomic mass is 9.88. The summed E-state index contributed by atoms with van der Waals surface area (Å²) in [6.07, 6.45) is 12.1. The Hall–Kier alpha value is -3.87. The Morgan fingerprint density at radius 2 is 1.45 bits per heavy atom. The number of carbonyl (C=O) groups excluding carboxylic acids is 2. The number of benzene rings is 2. The number of carbonyl (C=O) groups is 2. The molecule has 1 N–H and O–H groups in total. The van der Waals surface area contributed by atoms with E-state index in [-0.39, 0.29) is 17.7 Å². The molecule has 0 spiro atoms. The van der Waals surface area contributed by atoms with Gasteiger partial charge in [-0.2, -0.15) is 0 Å². The van der Waals surface area contributed by atoms with Crippen LogP contribution in [0, 0.1) is 5.92 Å². The van der Waals surface area contributed by atoms with Crippen LogP contribution in [0.15, 0.2) is 59.4 Å². The van der Waals surface area contributed by atoms with E-state index in [2.05, 4.69) is 34.1 Å². The summed E-state index contributed by atoms with van der Waals surface area (Å²) in [5.41, 5.74) is 2.98. The van der Waals surface area contributed by atoms with E-state index in [4.69, 9.17) is 4.74 Å². The van der Waals surface area contributed by atoms with Crippen molar-refractivity contribution in [3.63, 3.8) is 0 Å². The third-order valence-corrected chi connectivity index (χ3v) is 9.67. The zero-order valence-corrected chi connectivity index (χ0v) is 26.2. The van der Waals surface area contributed by atoms with Gasteiger partial charge in [0.15, 0.2) is 0 Å². The maximum atomic E-state index is 13.9. The maximum absolute atomic E-state index is 13.9. The van der Waals surface area contributed by atoms with Gasteiger partial charge in [-0.25, -0.2) is 4.79 Å². The van der Waals surface area contributed by atoms with Crippen LogP contribution in [0.1, 0.15) is 93.3 Å². The number of fused-ring (bicyclic) bond motifs is 4. The van der Waals surface area contributed by atoms with E-state index in [1.54, 1.807) is 19.9 Å². The van der Waals surface area contributed by atoms with Gasteiger partial charge in [0.2, 0.25) is 0 Å². The number of rotatable bonds is 8. The van der Waals surface area contributed by atoms with Crippen molar-refractivity contribution >= 4 is 33.7 Å². The van der Waals surface area contributed by atoms with Crippen LogP contribution in [0.25, 0.3) is 21.8 Å². The third kappa shape index (κ3) is 6.19. The molecule has 7 nitrogen and oxygen atoms in total. The molecule has 1 saturated carbocycles. The normalized spacial score (nSPS) is 16.3. The van der Waals surface area contributed by atoms with Gasteiger partial charge in [0.25, 0.3) is 11.5 Å². The number of para-hydroxylation sites is 2. The second-order valence-electron chi connectivity index (χ2n) is 13.3. The van der Waals surface area contributed by atoms with Crippen molar-refractivity contribution in [3.8, 4) is 0 Å². The summed E-state index contributed by atoms with van der Waals surface area (Å²) in [5.74, 6) is -0.572. The third-order valence-electron chi connectivity index (χ3n) is 9.67. The molecular formula is C37H45N3O4. The van der Waals surface area contributed by atoms with Crippen LogP contribution in [-0.4, -0.2) is 33.2 Å². The van der Waals surface area contributed by atoms with E-state index in [9.17, 15) is 14.4 Å². The number of nitrogens with one attached hydrogen (secondary N) is 1. The molecule has 0 saturated heterocycles. The molecule has 2 aliphatic carbocycles. The first-order valence-electron chi connectivity index (χ1n) is 16.5. The molecule has 1 fully saturated rings. The molecule has 44 heavy (non-hydrogen) atoms. The molecule has 0 atom stereocenters. The van der Waals surface area contributed by atoms with Crippen LogP contribution in [0.3, 0.4) is 0 Å². The molecule has 2 heterocycles. The molecule has 232 valence electrons. The van der Waals surface area contributed by atoms with Crippen molar-refractivity contribution in [1.82, 2.24) is 14.5 Å². The Morgan fingerprint density at radius 3 is 2.14 bits per heavy atom. The summed E-state index contributed by atoms with van der Waals surface area (Å²) in [6.45, 7) is 4.61. The number of aromatic nitrogens is 2. The molecule has 0 bridgehead atoms. The van der Waals surface area contributed by atoms with Crippen molar-refractivity contribution in [3.05, 3.63) is 81.8 Å². The second-order valence-corrected chi connectivity index (χ2v) is 13.3. The Morgan fingerprint density at radius 1 is 0.841 bits per heavy atom. The van der Waals surface area contributed by atoms with Crippen LogP contribution in [0.2, 0.25) is 0 Å². The summed E-state index contributed by atoms with van der Waals surface area (Å²) in [7, 11) is 0. The van der Waals surface area contributed by atoms with Crippen molar-refractivity contribution in [2.24, 2.45) is 5.92 Å². The van der Waals surface area contributed by atoms with E-state index in [0.717, 1.165) is 78.0 Å². The van der Waals surface area contributed by atoms with Gasteiger partial charge in [-0.15, -0.1) is 0 Å². The van der Waals surface area contributed by atoms with Crippen LogP contribution in [0.4, 0.5) is 0 Å². The second kappa shape index (κ2) is 13.0. The first kappa shape index (κ1) is 30.2. The zero-order chi connectivity index (χ0) is 30.7. The minimum absolute atomic E-state index is 0.131. The number of pyridine rings is 1. The van der Waals surface area contributed by atoms with E-state index >= 15 is 0 Å². The van der Waals surface area contributed by atoms with Crippen LogP contribution < -0.4 is 10.9 Å². The average molecular weight is 596 g/mol. The van der Waals surface area contributed by atoms with Gasteiger partial charge in [0, 0.05) is 34.0 Å². The van der Waals surface area contributed by atoms with Crippen molar-refractivity contribution in [2.45, 2.75) is 103 Å². The SMILES string of the molecule is CC(C)(NC(=O)c1cc2c(n(CC3CCCCC3)c1=O)CCCCCC2)C(=O)OCCn1c2ccccc2c2ccccc21. The summed E-state index contributed by atoms with van der Waals surface area (Å²) < 4.78 is 9.81. The summed E-state index contributed by atoms with van der Waals surface area (Å²) in [5, 5.41) is 5.17. The lowest BCUT2D eigenvalue weighted by Gasteiger charge is -2.28. The zero-order valence-electron chi connectivity index (χ0n) is 26.2. The first-order chi connectivity index (χ1) is 21.3. The highest BCUT2D eigenvalue weighted by molar-refractivity contribution is 6.08. The lowest BCUT2D eigenvalue weighted by molar-refractivity contribution is -0.150. The fourth-order valence-corrected chi connectivity index (χ4v) is 7.27. The van der Waals surface area contributed by atoms with E-state index in [1.807, 2.05) is 28.8 Å². The lowest BCUT2D eigenvalue weighted by Crippen LogP contribution is -2.52. The fourth-order valence-electron chi connectivity index (χ4n) is 7.27. The monoisotopic (exact) mass is 595 g/mol. The molecule has 1 amide bonds. The standard InChI is InChI=1S/C37H45N3O4/c1-37(2,36(43)44-23-22-39-32-20-12-10-17-28(32)29-18-11-13-21-33(29)39)38-34(41)30-24-27-16-8-3-4-9-19-31(27)40(35(30)42)25-26-14-6-5-7-15-26/h10-13,17-18,20-21,24,26H,3-9,14-16,19,22-23,25H2,1-2H3,(H,38,41). The Kier molecular flexibility index (Phi) is 8.92. The Bertz CT molecular complexity index is 1670. The molecule has 2 aromatic carbocycles. The van der Waals surface area contributed by atoms with Gasteiger partial charge in [-0.05, 0) is 82.1 Å². The topological polar surface area (TPSA) is 82.3 Å². The molecule has 0 unspecified atom stereocenters. The van der Waals surface area contributed by atoms with Gasteiger partial charge >= 0.3 is 5.97 Å². The predicted molar refractivity (Wildman–Crippen MR) is 175 cm³/mol. The predicted octanol–water partition coefficient (Wildman–Crippen LogP) is 6.95. The van der Waals surface area contributed by atoms with Gasteiger partial charge < -0.3 is 19.2 Å². The molecule has 4 aromatic rings. The number of esters is 1. The molecule has 0 radical (unpaired) electrons. The summed E-state index contributed by atoms with van der Waals surface area (Å²) >= 11 is 0. The van der Waals surface area contributed by atoms with Crippen LogP contribution in [-0.2, 0) is 35.5 Å².